The number of benzene rings is 2. The van der Waals surface area contributed by atoms with Gasteiger partial charge < -0.3 is 9.53 Å². The summed E-state index contributed by atoms with van der Waals surface area (Å²) in [5, 5.41) is 11.8. The van der Waals surface area contributed by atoms with Crippen LogP contribution in [0.2, 0.25) is 13.1 Å². The zero-order valence-corrected chi connectivity index (χ0v) is 18.8. The Morgan fingerprint density at radius 3 is 2.39 bits per heavy atom. The van der Waals surface area contributed by atoms with E-state index in [4.69, 9.17) is 4.43 Å². The molecule has 28 heavy (non-hydrogen) atoms. The minimum absolute atomic E-state index is 0.112. The second kappa shape index (κ2) is 9.92. The Kier molecular flexibility index (Phi) is 7.87. The van der Waals surface area contributed by atoms with Gasteiger partial charge in [0.05, 0.1) is 0 Å². The van der Waals surface area contributed by atoms with Crippen LogP contribution in [0.1, 0.15) is 57.9 Å². The van der Waals surface area contributed by atoms with Gasteiger partial charge in [0.25, 0.3) is 9.04 Å². The molecule has 4 heteroatoms. The Hall–Kier alpha value is -2.07. The minimum Gasteiger partial charge on any atom is -0.538 e. The van der Waals surface area contributed by atoms with Crippen LogP contribution >= 0.6 is 0 Å². The number of carbonyl (C=O) groups is 1. The third kappa shape index (κ3) is 6.52. The van der Waals surface area contributed by atoms with Crippen LogP contribution < -0.4 is 0 Å². The fourth-order valence-electron chi connectivity index (χ4n) is 3.64. The van der Waals surface area contributed by atoms with Crippen molar-refractivity contribution in [1.29, 1.82) is 0 Å². The molecule has 0 heterocycles. The van der Waals surface area contributed by atoms with Crippen LogP contribution in [0.3, 0.4) is 0 Å². The molecule has 1 atom stereocenters. The maximum absolute atomic E-state index is 11.3. The summed E-state index contributed by atoms with van der Waals surface area (Å²) in [6.45, 7) is 10.8. The van der Waals surface area contributed by atoms with Gasteiger partial charge in [-0.15, -0.1) is 0 Å². The summed E-state index contributed by atoms with van der Waals surface area (Å²) in [6, 6.07) is 15.3. The van der Waals surface area contributed by atoms with Crippen LogP contribution in [0.25, 0.3) is 10.8 Å². The lowest BCUT2D eigenvalue weighted by Gasteiger charge is -2.31. The molecule has 0 aromatic heterocycles. The van der Waals surface area contributed by atoms with Gasteiger partial charge in [-0.25, -0.2) is 4.79 Å². The number of unbranched alkanes of at least 4 members (excludes halogenated alkanes) is 2. The van der Waals surface area contributed by atoms with Crippen molar-refractivity contribution < 1.29 is 14.3 Å². The normalized spacial score (nSPS) is 13.7. The molecule has 1 radical (unpaired) electrons. The number of carboxylic acids is 1. The number of hydrogen-bond acceptors (Lipinski definition) is 2. The van der Waals surface area contributed by atoms with Crippen molar-refractivity contribution >= 4 is 25.8 Å². The molecular formula is C24H33O3Si. The quantitative estimate of drug-likeness (QED) is 0.220. The summed E-state index contributed by atoms with van der Waals surface area (Å²) >= 11 is 0. The fraction of sp³-hybridized carbons (Fsp3) is 0.458. The van der Waals surface area contributed by atoms with Gasteiger partial charge >= 0.3 is 5.97 Å². The van der Waals surface area contributed by atoms with E-state index in [9.17, 15) is 9.90 Å². The van der Waals surface area contributed by atoms with Crippen molar-refractivity contribution in [1.82, 2.24) is 0 Å². The maximum Gasteiger partial charge on any atom is 0.369 e. The van der Waals surface area contributed by atoms with E-state index in [2.05, 4.69) is 63.2 Å². The first-order valence-electron chi connectivity index (χ1n) is 10.1. The molecule has 1 unspecified atom stereocenters. The van der Waals surface area contributed by atoms with E-state index in [1.165, 1.54) is 16.3 Å². The predicted molar refractivity (Wildman–Crippen MR) is 119 cm³/mol. The molecule has 2 aromatic rings. The van der Waals surface area contributed by atoms with Crippen LogP contribution in [-0.4, -0.2) is 20.1 Å². The van der Waals surface area contributed by atoms with Gasteiger partial charge in [-0.1, -0.05) is 69.7 Å². The fourth-order valence-corrected chi connectivity index (χ4v) is 4.25. The Bertz CT molecular complexity index is 818. The zero-order chi connectivity index (χ0) is 20.7. The molecule has 0 spiro atoms. The van der Waals surface area contributed by atoms with Gasteiger partial charge in [-0.2, -0.15) is 0 Å². The Balaban J connectivity index is 2.02. The van der Waals surface area contributed by atoms with E-state index in [0.29, 0.717) is 5.92 Å². The SMILES string of the molecule is C[Si](C)OC(=CCCCCC(c1ccc2ccccc2c1)C(C)(C)C)C(=O)O. The van der Waals surface area contributed by atoms with E-state index in [1.54, 1.807) is 6.08 Å². The van der Waals surface area contributed by atoms with Crippen molar-refractivity contribution in [3.8, 4) is 0 Å². The molecule has 3 nitrogen and oxygen atoms in total. The molecule has 0 aliphatic carbocycles. The predicted octanol–water partition coefficient (Wildman–Crippen LogP) is 6.77. The molecule has 0 aliphatic heterocycles. The van der Waals surface area contributed by atoms with Crippen LogP contribution in [0.4, 0.5) is 0 Å². The van der Waals surface area contributed by atoms with Gasteiger partial charge in [-0.3, -0.25) is 0 Å². The van der Waals surface area contributed by atoms with Crippen molar-refractivity contribution in [2.45, 2.75) is 65.5 Å². The summed E-state index contributed by atoms with van der Waals surface area (Å²) in [5.41, 5.74) is 1.57. The average molecular weight is 398 g/mol. The number of rotatable bonds is 9. The van der Waals surface area contributed by atoms with Gasteiger partial charge in [0.15, 0.2) is 5.76 Å². The van der Waals surface area contributed by atoms with Crippen molar-refractivity contribution in [3.63, 3.8) is 0 Å². The number of hydrogen-bond donors (Lipinski definition) is 1. The van der Waals surface area contributed by atoms with Crippen molar-refractivity contribution in [2.75, 3.05) is 0 Å². The highest BCUT2D eigenvalue weighted by Gasteiger charge is 2.25. The summed E-state index contributed by atoms with van der Waals surface area (Å²) in [4.78, 5) is 11.3. The van der Waals surface area contributed by atoms with E-state index < -0.39 is 15.0 Å². The van der Waals surface area contributed by atoms with E-state index in [1.807, 2.05) is 13.1 Å². The molecule has 0 saturated carbocycles. The largest absolute Gasteiger partial charge is 0.538 e. The Labute approximate surface area is 171 Å². The minimum atomic E-state index is -1.06. The molecular weight excluding hydrogens is 364 g/mol. The second-order valence-electron chi connectivity index (χ2n) is 8.69. The molecule has 151 valence electrons. The maximum atomic E-state index is 11.3. The summed E-state index contributed by atoms with van der Waals surface area (Å²) in [7, 11) is -1.06. The van der Waals surface area contributed by atoms with Crippen molar-refractivity contribution in [2.24, 2.45) is 5.41 Å². The molecule has 0 bridgehead atoms. The first-order valence-corrected chi connectivity index (χ1v) is 12.5. The molecule has 0 saturated heterocycles. The second-order valence-corrected chi connectivity index (χ2v) is 10.7. The first-order chi connectivity index (χ1) is 13.2. The molecule has 0 aliphatic rings. The van der Waals surface area contributed by atoms with Crippen LogP contribution in [0.15, 0.2) is 54.3 Å². The Morgan fingerprint density at radius 1 is 1.11 bits per heavy atom. The Morgan fingerprint density at radius 2 is 1.79 bits per heavy atom. The number of aliphatic carboxylic acids is 1. The third-order valence-electron chi connectivity index (χ3n) is 5.02. The number of fused-ring (bicyclic) bond motifs is 1. The van der Waals surface area contributed by atoms with Gasteiger partial charge in [-0.05, 0) is 66.1 Å². The molecule has 0 fully saturated rings. The molecule has 0 amide bonds. The number of allylic oxidation sites excluding steroid dienone is 1. The summed E-state index contributed by atoms with van der Waals surface area (Å²) < 4.78 is 5.47. The lowest BCUT2D eigenvalue weighted by molar-refractivity contribution is -0.135. The lowest BCUT2D eigenvalue weighted by Crippen LogP contribution is -2.18. The van der Waals surface area contributed by atoms with Crippen LogP contribution in [0, 0.1) is 5.41 Å². The monoisotopic (exact) mass is 397 g/mol. The van der Waals surface area contributed by atoms with Crippen molar-refractivity contribution in [3.05, 3.63) is 59.9 Å². The first kappa shape index (κ1) is 22.2. The standard InChI is InChI=1S/C24H33O3Si/c1-24(2,3)21(20-16-15-18-11-9-10-12-19(18)17-20)13-7-6-8-14-22(23(25)26)27-28(4)5/h9-12,14-17,21H,6-8,13H2,1-5H3,(H,25,26). The zero-order valence-electron chi connectivity index (χ0n) is 17.8. The van der Waals surface area contributed by atoms with Gasteiger partial charge in [0, 0.05) is 0 Å². The highest BCUT2D eigenvalue weighted by Crippen LogP contribution is 2.40. The average Bonchev–Trinajstić information content (AvgIpc) is 2.61. The molecule has 1 N–H and O–H groups in total. The smallest absolute Gasteiger partial charge is 0.369 e. The van der Waals surface area contributed by atoms with E-state index in [0.717, 1.165) is 25.7 Å². The highest BCUT2D eigenvalue weighted by molar-refractivity contribution is 6.49. The highest BCUT2D eigenvalue weighted by atomic mass is 28.3. The molecule has 2 aromatic carbocycles. The van der Waals surface area contributed by atoms with Crippen LogP contribution in [-0.2, 0) is 9.22 Å². The topological polar surface area (TPSA) is 46.5 Å². The van der Waals surface area contributed by atoms with Gasteiger partial charge in [0.2, 0.25) is 0 Å². The lowest BCUT2D eigenvalue weighted by atomic mass is 9.73. The van der Waals surface area contributed by atoms with Crippen LogP contribution in [0.5, 0.6) is 0 Å². The van der Waals surface area contributed by atoms with E-state index >= 15 is 0 Å². The summed E-state index contributed by atoms with van der Waals surface area (Å²) in [5.74, 6) is -0.381. The summed E-state index contributed by atoms with van der Waals surface area (Å²) in [6.07, 6.45) is 5.60. The number of carboxylic acid groups (broad SMARTS) is 1. The molecule has 2 rings (SSSR count). The van der Waals surface area contributed by atoms with Gasteiger partial charge in [0.1, 0.15) is 0 Å². The van der Waals surface area contributed by atoms with E-state index in [-0.39, 0.29) is 11.2 Å². The third-order valence-corrected chi connectivity index (χ3v) is 5.65.